The molecular formula is C23H20Cl3FN2O5S. The summed E-state index contributed by atoms with van der Waals surface area (Å²) in [7, 11) is -1.48. The zero-order valence-corrected chi connectivity index (χ0v) is 21.6. The molecule has 0 bridgehead atoms. The molecule has 3 aromatic rings. The van der Waals surface area contributed by atoms with Gasteiger partial charge in [0.1, 0.15) is 17.3 Å². The van der Waals surface area contributed by atoms with Gasteiger partial charge in [0.15, 0.2) is 0 Å². The fourth-order valence-corrected chi connectivity index (χ4v) is 5.09. The topological polar surface area (TPSA) is 84.9 Å². The van der Waals surface area contributed by atoms with Crippen molar-refractivity contribution in [2.45, 2.75) is 11.4 Å². The maximum atomic E-state index is 14.5. The average Bonchev–Trinajstić information content (AvgIpc) is 2.81. The third-order valence-electron chi connectivity index (χ3n) is 4.92. The summed E-state index contributed by atoms with van der Waals surface area (Å²) in [4.78, 5) is 12.8. The zero-order chi connectivity index (χ0) is 25.8. The molecule has 0 spiro atoms. The molecule has 0 radical (unpaired) electrons. The van der Waals surface area contributed by atoms with Crippen LogP contribution in [-0.4, -0.2) is 39.4 Å². The van der Waals surface area contributed by atoms with Crippen LogP contribution in [0.2, 0.25) is 15.1 Å². The van der Waals surface area contributed by atoms with Crippen LogP contribution in [0.25, 0.3) is 0 Å². The Balaban J connectivity index is 1.97. The molecule has 0 heterocycles. The maximum Gasteiger partial charge on any atom is 0.243 e. The van der Waals surface area contributed by atoms with E-state index in [0.717, 1.165) is 10.4 Å². The SMILES string of the molecule is COc1cc(NC(=O)CN(Cc2c(F)cccc2Cl)S(=O)(=O)c2ccc(Cl)cc2)c(OC)cc1Cl. The van der Waals surface area contributed by atoms with E-state index in [2.05, 4.69) is 5.32 Å². The van der Waals surface area contributed by atoms with Crippen LogP contribution in [0.15, 0.2) is 59.5 Å². The van der Waals surface area contributed by atoms with Gasteiger partial charge in [-0.05, 0) is 36.4 Å². The molecule has 0 saturated heterocycles. The van der Waals surface area contributed by atoms with Crippen LogP contribution < -0.4 is 14.8 Å². The first kappa shape index (κ1) is 27.0. The van der Waals surface area contributed by atoms with Crippen molar-refractivity contribution in [2.75, 3.05) is 26.1 Å². The minimum absolute atomic E-state index is 0.0193. The number of ether oxygens (including phenoxy) is 2. The molecule has 35 heavy (non-hydrogen) atoms. The summed E-state index contributed by atoms with van der Waals surface area (Å²) in [6.07, 6.45) is 0. The van der Waals surface area contributed by atoms with Crippen molar-refractivity contribution in [1.82, 2.24) is 4.31 Å². The fraction of sp³-hybridized carbons (Fsp3) is 0.174. The lowest BCUT2D eigenvalue weighted by Crippen LogP contribution is -2.38. The Hall–Kier alpha value is -2.56. The monoisotopic (exact) mass is 560 g/mol. The summed E-state index contributed by atoms with van der Waals surface area (Å²) in [6, 6.07) is 12.2. The summed E-state index contributed by atoms with van der Waals surface area (Å²) >= 11 is 18.1. The van der Waals surface area contributed by atoms with Gasteiger partial charge in [0.2, 0.25) is 15.9 Å². The van der Waals surface area contributed by atoms with Gasteiger partial charge in [0, 0.05) is 34.3 Å². The molecule has 0 aliphatic rings. The molecule has 0 atom stereocenters. The summed E-state index contributed by atoms with van der Waals surface area (Å²) in [6.45, 7) is -1.16. The third-order valence-corrected chi connectivity index (χ3v) is 7.62. The molecule has 0 fully saturated rings. The highest BCUT2D eigenvalue weighted by atomic mass is 35.5. The Morgan fingerprint density at radius 1 is 0.971 bits per heavy atom. The summed E-state index contributed by atoms with van der Waals surface area (Å²) in [5.41, 5.74) is 0.122. The Morgan fingerprint density at radius 3 is 2.23 bits per heavy atom. The van der Waals surface area contributed by atoms with Crippen molar-refractivity contribution in [3.05, 3.63) is 81.0 Å². The molecule has 1 N–H and O–H groups in total. The normalized spacial score (nSPS) is 11.4. The highest BCUT2D eigenvalue weighted by Gasteiger charge is 2.29. The van der Waals surface area contributed by atoms with E-state index in [4.69, 9.17) is 44.3 Å². The van der Waals surface area contributed by atoms with E-state index in [-0.39, 0.29) is 37.7 Å². The van der Waals surface area contributed by atoms with Gasteiger partial charge in [-0.3, -0.25) is 4.79 Å². The molecule has 0 unspecified atom stereocenters. The van der Waals surface area contributed by atoms with E-state index in [9.17, 15) is 17.6 Å². The van der Waals surface area contributed by atoms with Crippen LogP contribution in [0.3, 0.4) is 0 Å². The van der Waals surface area contributed by atoms with Gasteiger partial charge in [-0.25, -0.2) is 12.8 Å². The number of halogens is 4. The van der Waals surface area contributed by atoms with Crippen LogP contribution in [0, 0.1) is 5.82 Å². The molecule has 0 aromatic heterocycles. The van der Waals surface area contributed by atoms with E-state index in [1.54, 1.807) is 0 Å². The van der Waals surface area contributed by atoms with Gasteiger partial charge in [-0.2, -0.15) is 4.31 Å². The molecule has 12 heteroatoms. The highest BCUT2D eigenvalue weighted by molar-refractivity contribution is 7.89. The number of methoxy groups -OCH3 is 2. The predicted molar refractivity (Wildman–Crippen MR) is 134 cm³/mol. The largest absolute Gasteiger partial charge is 0.495 e. The van der Waals surface area contributed by atoms with Crippen molar-refractivity contribution in [1.29, 1.82) is 0 Å². The van der Waals surface area contributed by atoms with E-state index >= 15 is 0 Å². The van der Waals surface area contributed by atoms with Crippen molar-refractivity contribution < 1.29 is 27.1 Å². The first-order valence-electron chi connectivity index (χ1n) is 9.96. The third kappa shape index (κ3) is 6.36. The molecule has 3 aromatic carbocycles. The average molecular weight is 562 g/mol. The van der Waals surface area contributed by atoms with E-state index in [1.165, 1.54) is 62.8 Å². The van der Waals surface area contributed by atoms with E-state index in [1.807, 2.05) is 0 Å². The number of nitrogens with one attached hydrogen (secondary N) is 1. The Kier molecular flexibility index (Phi) is 8.84. The van der Waals surface area contributed by atoms with Crippen LogP contribution >= 0.6 is 34.8 Å². The number of carbonyl (C=O) groups is 1. The minimum Gasteiger partial charge on any atom is -0.495 e. The van der Waals surface area contributed by atoms with E-state index < -0.39 is 34.8 Å². The number of hydrogen-bond donors (Lipinski definition) is 1. The molecule has 3 rings (SSSR count). The van der Waals surface area contributed by atoms with Crippen LogP contribution in [0.5, 0.6) is 11.5 Å². The van der Waals surface area contributed by atoms with Gasteiger partial charge < -0.3 is 14.8 Å². The lowest BCUT2D eigenvalue weighted by Gasteiger charge is -2.23. The summed E-state index contributed by atoms with van der Waals surface area (Å²) < 4.78 is 52.5. The summed E-state index contributed by atoms with van der Waals surface area (Å²) in [5.74, 6) is -0.934. The van der Waals surface area contributed by atoms with Gasteiger partial charge >= 0.3 is 0 Å². The zero-order valence-electron chi connectivity index (χ0n) is 18.5. The van der Waals surface area contributed by atoms with Crippen molar-refractivity contribution in [3.8, 4) is 11.5 Å². The molecule has 0 aliphatic heterocycles. The molecule has 1 amide bonds. The predicted octanol–water partition coefficient (Wildman–Crippen LogP) is 5.63. The highest BCUT2D eigenvalue weighted by Crippen LogP contribution is 2.36. The number of amides is 1. The van der Waals surface area contributed by atoms with Gasteiger partial charge in [-0.1, -0.05) is 40.9 Å². The second kappa shape index (κ2) is 11.5. The van der Waals surface area contributed by atoms with Crippen molar-refractivity contribution >= 4 is 56.4 Å². The number of anilines is 1. The second-order valence-corrected chi connectivity index (χ2v) is 10.4. The lowest BCUT2D eigenvalue weighted by molar-refractivity contribution is -0.116. The minimum atomic E-state index is -4.26. The number of sulfonamides is 1. The number of nitrogens with zero attached hydrogens (tertiary/aromatic N) is 1. The number of benzene rings is 3. The van der Waals surface area contributed by atoms with Gasteiger partial charge in [0.25, 0.3) is 0 Å². The molecule has 0 saturated carbocycles. The molecule has 0 aliphatic carbocycles. The summed E-state index contributed by atoms with van der Waals surface area (Å²) in [5, 5.41) is 3.19. The Labute approximate surface area is 217 Å². The molecular weight excluding hydrogens is 542 g/mol. The Morgan fingerprint density at radius 2 is 1.63 bits per heavy atom. The second-order valence-electron chi connectivity index (χ2n) is 7.16. The quantitative estimate of drug-likeness (QED) is 0.366. The van der Waals surface area contributed by atoms with Gasteiger partial charge in [-0.15, -0.1) is 0 Å². The van der Waals surface area contributed by atoms with Crippen LogP contribution in [0.4, 0.5) is 10.1 Å². The first-order chi connectivity index (χ1) is 16.6. The molecule has 186 valence electrons. The number of hydrogen-bond acceptors (Lipinski definition) is 5. The van der Waals surface area contributed by atoms with Gasteiger partial charge in [0.05, 0.1) is 36.4 Å². The number of rotatable bonds is 9. The maximum absolute atomic E-state index is 14.5. The smallest absolute Gasteiger partial charge is 0.243 e. The fourth-order valence-electron chi connectivity index (χ4n) is 3.15. The van der Waals surface area contributed by atoms with Crippen molar-refractivity contribution in [3.63, 3.8) is 0 Å². The van der Waals surface area contributed by atoms with E-state index in [0.29, 0.717) is 5.02 Å². The first-order valence-corrected chi connectivity index (χ1v) is 12.5. The number of carbonyl (C=O) groups excluding carboxylic acids is 1. The molecule has 7 nitrogen and oxygen atoms in total. The van der Waals surface area contributed by atoms with Crippen LogP contribution in [-0.2, 0) is 21.4 Å². The van der Waals surface area contributed by atoms with Crippen molar-refractivity contribution in [2.24, 2.45) is 0 Å². The Bertz CT molecular complexity index is 1320. The van der Waals surface area contributed by atoms with Crippen LogP contribution in [0.1, 0.15) is 5.56 Å². The standard InChI is InChI=1S/C23H20Cl3FN2O5S/c1-33-21-11-20(22(34-2)10-18(21)26)28-23(30)13-29(12-16-17(25)4-3-5-19(16)27)35(31,32)15-8-6-14(24)7-9-15/h3-11H,12-13H2,1-2H3,(H,28,30). The lowest BCUT2D eigenvalue weighted by atomic mass is 10.2.